The van der Waals surface area contributed by atoms with Crippen LogP contribution in [0.25, 0.3) is 10.9 Å². The first-order valence-corrected chi connectivity index (χ1v) is 8.80. The number of carbonyl (C=O) groups excluding carboxylic acids is 1. The number of anilines is 1. The van der Waals surface area contributed by atoms with Gasteiger partial charge in [-0.1, -0.05) is 17.7 Å². The fourth-order valence-corrected chi connectivity index (χ4v) is 4.53. The second-order valence-corrected chi connectivity index (χ2v) is 7.70. The largest absolute Gasteiger partial charge is 0.325 e. The number of amides is 1. The van der Waals surface area contributed by atoms with E-state index in [1.54, 1.807) is 0 Å². The van der Waals surface area contributed by atoms with E-state index in [1.807, 2.05) is 18.2 Å². The molecule has 1 aliphatic heterocycles. The maximum Gasteiger partial charge on any atom is 0.235 e. The highest BCUT2D eigenvalue weighted by atomic mass is 127. The molecule has 3 aromatic rings. The third-order valence-corrected chi connectivity index (χ3v) is 6.07. The van der Waals surface area contributed by atoms with E-state index in [2.05, 4.69) is 56.3 Å². The van der Waals surface area contributed by atoms with Gasteiger partial charge in [-0.2, -0.15) is 5.10 Å². The minimum Gasteiger partial charge on any atom is -0.325 e. The summed E-state index contributed by atoms with van der Waals surface area (Å²) < 4.78 is 1.03. The lowest BCUT2D eigenvalue weighted by molar-refractivity contribution is -0.118. The van der Waals surface area contributed by atoms with Crippen LogP contribution in [-0.2, 0) is 10.2 Å². The molecule has 0 radical (unpaired) electrons. The second-order valence-electron chi connectivity index (χ2n) is 6.19. The van der Waals surface area contributed by atoms with Crippen molar-refractivity contribution in [2.24, 2.45) is 0 Å². The van der Waals surface area contributed by atoms with Crippen LogP contribution in [0.5, 0.6) is 0 Å². The van der Waals surface area contributed by atoms with Crippen LogP contribution in [0, 0.1) is 3.70 Å². The smallest absolute Gasteiger partial charge is 0.235 e. The maximum absolute atomic E-state index is 12.6. The van der Waals surface area contributed by atoms with Crippen molar-refractivity contribution in [1.29, 1.82) is 0 Å². The first-order valence-electron chi connectivity index (χ1n) is 7.34. The first kappa shape index (κ1) is 13.8. The van der Waals surface area contributed by atoms with E-state index in [9.17, 15) is 4.79 Å². The Morgan fingerprint density at radius 1 is 1.26 bits per heavy atom. The predicted octanol–water partition coefficient (Wildman–Crippen LogP) is 4.20. The van der Waals surface area contributed by atoms with E-state index in [0.717, 1.165) is 37.8 Å². The van der Waals surface area contributed by atoms with Crippen molar-refractivity contribution >= 4 is 56.7 Å². The summed E-state index contributed by atoms with van der Waals surface area (Å²) in [6.45, 7) is 0. The van der Waals surface area contributed by atoms with Crippen molar-refractivity contribution in [3.05, 3.63) is 56.2 Å². The summed E-state index contributed by atoms with van der Waals surface area (Å²) in [5.41, 5.74) is 3.55. The molecule has 5 rings (SSSR count). The number of rotatable bonds is 1. The van der Waals surface area contributed by atoms with Crippen LogP contribution >= 0.6 is 34.2 Å². The van der Waals surface area contributed by atoms with Gasteiger partial charge in [0.15, 0.2) is 0 Å². The summed E-state index contributed by atoms with van der Waals surface area (Å²) >= 11 is 8.39. The standard InChI is InChI=1S/C17H11ClIN3O/c18-9-2-4-13-11(6-9)17(16(23)20-13)7-12(17)8-1-3-10-14(5-8)21-22-15(10)19/h1-6,12H,7H2,(H,20,23)(H,21,22)/t12-,17?/m0/s1. The molecule has 2 aromatic carbocycles. The minimum absolute atomic E-state index is 0.0801. The molecule has 1 spiro atoms. The molecular weight excluding hydrogens is 425 g/mol. The number of H-pyrrole nitrogens is 1. The van der Waals surface area contributed by atoms with Crippen molar-refractivity contribution in [2.45, 2.75) is 17.8 Å². The van der Waals surface area contributed by atoms with Crippen LogP contribution in [-0.4, -0.2) is 16.1 Å². The van der Waals surface area contributed by atoms with Crippen LogP contribution in [0.3, 0.4) is 0 Å². The van der Waals surface area contributed by atoms with Crippen LogP contribution in [0.15, 0.2) is 36.4 Å². The molecule has 0 bridgehead atoms. The molecule has 6 heteroatoms. The number of halogens is 2. The van der Waals surface area contributed by atoms with Gasteiger partial charge in [-0.25, -0.2) is 0 Å². The molecule has 1 saturated carbocycles. The Labute approximate surface area is 150 Å². The average Bonchev–Trinajstić information content (AvgIpc) is 3.12. The summed E-state index contributed by atoms with van der Waals surface area (Å²) in [6, 6.07) is 11.9. The summed E-state index contributed by atoms with van der Waals surface area (Å²) in [5.74, 6) is 0.262. The Morgan fingerprint density at radius 2 is 2.13 bits per heavy atom. The van der Waals surface area contributed by atoms with Gasteiger partial charge in [-0.15, -0.1) is 0 Å². The number of nitrogens with zero attached hydrogens (tertiary/aromatic N) is 1. The van der Waals surface area contributed by atoms with E-state index in [0.29, 0.717) is 5.02 Å². The molecule has 1 aromatic heterocycles. The maximum atomic E-state index is 12.6. The van der Waals surface area contributed by atoms with Gasteiger partial charge in [-0.3, -0.25) is 9.89 Å². The van der Waals surface area contributed by atoms with E-state index in [4.69, 9.17) is 11.6 Å². The van der Waals surface area contributed by atoms with Gasteiger partial charge in [0.25, 0.3) is 0 Å². The summed E-state index contributed by atoms with van der Waals surface area (Å²) in [6.07, 6.45) is 0.819. The molecule has 2 N–H and O–H groups in total. The zero-order valence-electron chi connectivity index (χ0n) is 11.9. The van der Waals surface area contributed by atoms with Gasteiger partial charge in [0.05, 0.1) is 10.9 Å². The van der Waals surface area contributed by atoms with E-state index in [1.165, 1.54) is 0 Å². The van der Waals surface area contributed by atoms with Gasteiger partial charge in [0.2, 0.25) is 5.91 Å². The second kappa shape index (κ2) is 4.48. The van der Waals surface area contributed by atoms with Gasteiger partial charge < -0.3 is 5.32 Å². The third kappa shape index (κ3) is 1.77. The van der Waals surface area contributed by atoms with Gasteiger partial charge in [-0.05, 0) is 70.5 Å². The topological polar surface area (TPSA) is 57.8 Å². The van der Waals surface area contributed by atoms with Gasteiger partial charge in [0, 0.05) is 22.0 Å². The summed E-state index contributed by atoms with van der Waals surface area (Å²) in [7, 11) is 0. The molecule has 23 heavy (non-hydrogen) atoms. The van der Waals surface area contributed by atoms with E-state index < -0.39 is 5.41 Å². The van der Waals surface area contributed by atoms with Crippen molar-refractivity contribution in [1.82, 2.24) is 10.2 Å². The zero-order chi connectivity index (χ0) is 15.8. The third-order valence-electron chi connectivity index (χ3n) is 5.01. The van der Waals surface area contributed by atoms with Crippen LogP contribution in [0.2, 0.25) is 5.02 Å². The van der Waals surface area contributed by atoms with Gasteiger partial charge >= 0.3 is 0 Å². The molecule has 1 fully saturated rings. The number of aromatic nitrogens is 2. The van der Waals surface area contributed by atoms with E-state index in [-0.39, 0.29) is 11.8 Å². The summed E-state index contributed by atoms with van der Waals surface area (Å²) in [5, 5.41) is 12.1. The number of carbonyl (C=O) groups is 1. The average molecular weight is 436 g/mol. The van der Waals surface area contributed by atoms with Crippen LogP contribution in [0.1, 0.15) is 23.5 Å². The Morgan fingerprint density at radius 3 is 3.00 bits per heavy atom. The number of nitrogens with one attached hydrogen (secondary N) is 2. The highest BCUT2D eigenvalue weighted by Gasteiger charge is 2.65. The van der Waals surface area contributed by atoms with E-state index >= 15 is 0 Å². The molecular formula is C17H11ClIN3O. The highest BCUT2D eigenvalue weighted by Crippen LogP contribution is 2.65. The Hall–Kier alpha value is -1.60. The lowest BCUT2D eigenvalue weighted by Crippen LogP contribution is -2.20. The molecule has 1 amide bonds. The monoisotopic (exact) mass is 435 g/mol. The summed E-state index contributed by atoms with van der Waals surface area (Å²) in [4.78, 5) is 12.6. The fourth-order valence-electron chi connectivity index (χ4n) is 3.78. The Bertz CT molecular complexity index is 999. The minimum atomic E-state index is -0.461. The SMILES string of the molecule is O=C1Nc2ccc(Cl)cc2C12C[C@H]2c1ccc2c(I)[nH]nc2c1. The normalized spacial score (nSPS) is 25.0. The lowest BCUT2D eigenvalue weighted by Gasteiger charge is -2.09. The molecule has 4 nitrogen and oxygen atoms in total. The number of hydrogen-bond donors (Lipinski definition) is 2. The number of aromatic amines is 1. The van der Waals surface area contributed by atoms with Crippen molar-refractivity contribution < 1.29 is 4.79 Å². The predicted molar refractivity (Wildman–Crippen MR) is 97.9 cm³/mol. The molecule has 1 aliphatic carbocycles. The quantitative estimate of drug-likeness (QED) is 0.563. The van der Waals surface area contributed by atoms with Crippen molar-refractivity contribution in [3.63, 3.8) is 0 Å². The lowest BCUT2D eigenvalue weighted by atomic mass is 9.92. The Kier molecular flexibility index (Phi) is 2.69. The van der Waals surface area contributed by atoms with Crippen molar-refractivity contribution in [3.8, 4) is 0 Å². The highest BCUT2D eigenvalue weighted by molar-refractivity contribution is 14.1. The van der Waals surface area contributed by atoms with Crippen LogP contribution < -0.4 is 5.32 Å². The molecule has 2 atom stereocenters. The zero-order valence-corrected chi connectivity index (χ0v) is 14.8. The number of benzene rings is 2. The Balaban J connectivity index is 1.62. The molecule has 0 saturated heterocycles. The number of hydrogen-bond acceptors (Lipinski definition) is 2. The molecule has 1 unspecified atom stereocenters. The first-order chi connectivity index (χ1) is 11.1. The van der Waals surface area contributed by atoms with Gasteiger partial charge in [0.1, 0.15) is 3.70 Å². The molecule has 2 heterocycles. The molecule has 2 aliphatic rings. The van der Waals surface area contributed by atoms with Crippen LogP contribution in [0.4, 0.5) is 5.69 Å². The van der Waals surface area contributed by atoms with Crippen molar-refractivity contribution in [2.75, 3.05) is 5.32 Å². The molecule has 114 valence electrons. The fraction of sp³-hybridized carbons (Fsp3) is 0.176. The number of fused-ring (bicyclic) bond motifs is 3.